The molecule has 1 N–H and O–H groups in total. The van der Waals surface area contributed by atoms with Crippen LogP contribution in [-0.2, 0) is 13.5 Å². The highest BCUT2D eigenvalue weighted by Crippen LogP contribution is 2.45. The second kappa shape index (κ2) is 7.62. The summed E-state index contributed by atoms with van der Waals surface area (Å²) in [6.07, 6.45) is 2.50. The van der Waals surface area contributed by atoms with Gasteiger partial charge < -0.3 is 4.74 Å². The van der Waals surface area contributed by atoms with Gasteiger partial charge in [0, 0.05) is 23.4 Å². The van der Waals surface area contributed by atoms with Crippen molar-refractivity contribution in [3.05, 3.63) is 64.2 Å². The quantitative estimate of drug-likeness (QED) is 0.438. The number of hydrogen-bond donors (Lipinski definition) is 1. The van der Waals surface area contributed by atoms with E-state index in [-0.39, 0.29) is 5.56 Å². The van der Waals surface area contributed by atoms with Crippen LogP contribution in [0.15, 0.2) is 47.4 Å². The zero-order valence-electron chi connectivity index (χ0n) is 17.8. The van der Waals surface area contributed by atoms with E-state index in [9.17, 15) is 10.1 Å². The fourth-order valence-electron chi connectivity index (χ4n) is 4.11. The van der Waals surface area contributed by atoms with Crippen molar-refractivity contribution in [3.8, 4) is 33.5 Å². The molecule has 0 saturated heterocycles. The lowest BCUT2D eigenvalue weighted by atomic mass is 9.99. The summed E-state index contributed by atoms with van der Waals surface area (Å²) in [7, 11) is 3.50. The lowest BCUT2D eigenvalue weighted by molar-refractivity contribution is 0.420. The van der Waals surface area contributed by atoms with Gasteiger partial charge in [-0.2, -0.15) is 15.5 Å². The molecule has 5 rings (SSSR count). The van der Waals surface area contributed by atoms with Crippen molar-refractivity contribution < 1.29 is 4.74 Å². The van der Waals surface area contributed by atoms with Gasteiger partial charge in [-0.1, -0.05) is 25.1 Å². The lowest BCUT2D eigenvalue weighted by Gasteiger charge is -2.08. The molecule has 0 saturated carbocycles. The van der Waals surface area contributed by atoms with E-state index in [4.69, 9.17) is 4.74 Å². The molecule has 0 unspecified atom stereocenters. The van der Waals surface area contributed by atoms with Gasteiger partial charge in [-0.25, -0.2) is 5.10 Å². The van der Waals surface area contributed by atoms with Crippen molar-refractivity contribution in [2.45, 2.75) is 13.3 Å². The van der Waals surface area contributed by atoms with Crippen LogP contribution in [-0.4, -0.2) is 27.1 Å². The number of fused-ring (bicyclic) bond motifs is 2. The molecule has 3 aromatic heterocycles. The van der Waals surface area contributed by atoms with Gasteiger partial charge in [0.1, 0.15) is 11.8 Å². The molecule has 0 spiro atoms. The van der Waals surface area contributed by atoms with Crippen LogP contribution in [0.4, 0.5) is 0 Å². The molecule has 158 valence electrons. The Morgan fingerprint density at radius 3 is 2.81 bits per heavy atom. The maximum atomic E-state index is 12.2. The first-order chi connectivity index (χ1) is 15.6. The molecule has 0 atom stereocenters. The molecule has 0 fully saturated rings. The van der Waals surface area contributed by atoms with E-state index in [2.05, 4.69) is 21.4 Å². The smallest absolute Gasteiger partial charge is 0.272 e. The fraction of sp³-hybridized carbons (Fsp3) is 0.167. The summed E-state index contributed by atoms with van der Waals surface area (Å²) in [5, 5.41) is 23.6. The number of aromatic nitrogens is 4. The number of nitrogens with zero attached hydrogens (tertiary/aromatic N) is 4. The number of rotatable bonds is 4. The second-order valence-electron chi connectivity index (χ2n) is 7.40. The first kappa shape index (κ1) is 20.0. The molecule has 0 aliphatic rings. The summed E-state index contributed by atoms with van der Waals surface area (Å²) in [4.78, 5) is 13.1. The molecule has 8 heteroatoms. The van der Waals surface area contributed by atoms with E-state index in [0.717, 1.165) is 48.6 Å². The van der Waals surface area contributed by atoms with Crippen LogP contribution >= 0.6 is 11.3 Å². The molecule has 32 heavy (non-hydrogen) atoms. The first-order valence-electron chi connectivity index (χ1n) is 10.1. The minimum atomic E-state index is -0.210. The number of ether oxygens (including phenoxy) is 1. The Hall–Kier alpha value is -3.96. The average molecular weight is 442 g/mol. The zero-order chi connectivity index (χ0) is 22.4. The first-order valence-corrected chi connectivity index (χ1v) is 10.9. The van der Waals surface area contributed by atoms with E-state index in [1.165, 1.54) is 11.3 Å². The molecule has 3 heterocycles. The summed E-state index contributed by atoms with van der Waals surface area (Å²) < 4.78 is 8.24. The van der Waals surface area contributed by atoms with Crippen LogP contribution in [0, 0.1) is 11.3 Å². The van der Waals surface area contributed by atoms with Crippen LogP contribution in [0.2, 0.25) is 0 Å². The van der Waals surface area contributed by atoms with Gasteiger partial charge in [-0.15, -0.1) is 11.3 Å². The van der Waals surface area contributed by atoms with Crippen LogP contribution in [0.5, 0.6) is 5.75 Å². The van der Waals surface area contributed by atoms with Crippen LogP contribution < -0.4 is 10.3 Å². The highest BCUT2D eigenvalue weighted by Gasteiger charge is 2.22. The third-order valence-corrected chi connectivity index (χ3v) is 6.91. The standard InChI is InChI=1S/C24H19N5O2S/c1-4-19-16-10-13(8-9-15(16)24(30)28-27-19)18-12-26-29(2)21(18)23-17(11-25)14-6-5-7-20(31-3)22(14)32-23/h5-10,12H,4H2,1-3H3,(H,28,30). The largest absolute Gasteiger partial charge is 0.495 e. The predicted octanol–water partition coefficient (Wildman–Crippen LogP) is 4.65. The Kier molecular flexibility index (Phi) is 4.76. The van der Waals surface area contributed by atoms with Gasteiger partial charge in [0.05, 0.1) is 45.2 Å². The third kappa shape index (κ3) is 2.90. The van der Waals surface area contributed by atoms with Gasteiger partial charge >= 0.3 is 0 Å². The maximum absolute atomic E-state index is 12.2. The second-order valence-corrected chi connectivity index (χ2v) is 8.42. The summed E-state index contributed by atoms with van der Waals surface area (Å²) >= 11 is 1.52. The summed E-state index contributed by atoms with van der Waals surface area (Å²) in [5.41, 5.74) is 3.87. The summed E-state index contributed by atoms with van der Waals surface area (Å²) in [6, 6.07) is 13.8. The zero-order valence-corrected chi connectivity index (χ0v) is 18.6. The Morgan fingerprint density at radius 1 is 1.22 bits per heavy atom. The van der Waals surface area contributed by atoms with Crippen molar-refractivity contribution >= 4 is 32.2 Å². The number of benzene rings is 2. The Morgan fingerprint density at radius 2 is 2.06 bits per heavy atom. The number of thiophene rings is 1. The normalized spacial score (nSPS) is 11.2. The van der Waals surface area contributed by atoms with Crippen molar-refractivity contribution in [1.82, 2.24) is 20.0 Å². The number of hydrogen-bond acceptors (Lipinski definition) is 6. The highest BCUT2D eigenvalue weighted by atomic mass is 32.1. The topological polar surface area (TPSA) is 96.6 Å². The molecule has 0 aliphatic carbocycles. The van der Waals surface area contributed by atoms with Gasteiger partial charge in [0.2, 0.25) is 0 Å². The highest BCUT2D eigenvalue weighted by molar-refractivity contribution is 7.23. The third-order valence-electron chi connectivity index (χ3n) is 5.68. The molecular formula is C24H19N5O2S. The van der Waals surface area contributed by atoms with Gasteiger partial charge in [-0.05, 0) is 30.2 Å². The summed E-state index contributed by atoms with van der Waals surface area (Å²) in [6.45, 7) is 2.01. The number of nitriles is 1. The maximum Gasteiger partial charge on any atom is 0.272 e. The molecule has 0 aliphatic heterocycles. The molecule has 5 aromatic rings. The lowest BCUT2D eigenvalue weighted by Crippen LogP contribution is -2.10. The Labute approximate surface area is 187 Å². The predicted molar refractivity (Wildman–Crippen MR) is 126 cm³/mol. The number of aryl methyl sites for hydroxylation is 2. The van der Waals surface area contributed by atoms with Crippen LogP contribution in [0.3, 0.4) is 0 Å². The summed E-state index contributed by atoms with van der Waals surface area (Å²) in [5.74, 6) is 0.738. The van der Waals surface area contributed by atoms with Gasteiger partial charge in [-0.3, -0.25) is 9.48 Å². The minimum absolute atomic E-state index is 0.210. The monoisotopic (exact) mass is 441 g/mol. The van der Waals surface area contributed by atoms with Crippen molar-refractivity contribution in [2.75, 3.05) is 7.11 Å². The Balaban J connectivity index is 1.79. The number of nitrogens with one attached hydrogen (secondary N) is 1. The number of methoxy groups -OCH3 is 1. The Bertz CT molecular complexity index is 1600. The number of H-pyrrole nitrogens is 1. The SMILES string of the molecule is CCc1n[nH]c(=O)c2ccc(-c3cnn(C)c3-c3sc4c(OC)cccc4c3C#N)cc12. The minimum Gasteiger partial charge on any atom is -0.495 e. The van der Waals surface area contributed by atoms with Crippen molar-refractivity contribution in [3.63, 3.8) is 0 Å². The van der Waals surface area contributed by atoms with Crippen LogP contribution in [0.1, 0.15) is 18.2 Å². The fourth-order valence-corrected chi connectivity index (χ4v) is 5.44. The molecule has 0 bridgehead atoms. The van der Waals surface area contributed by atoms with E-state index >= 15 is 0 Å². The van der Waals surface area contributed by atoms with E-state index in [1.807, 2.05) is 50.4 Å². The van der Waals surface area contributed by atoms with Crippen LogP contribution in [0.25, 0.3) is 42.6 Å². The van der Waals surface area contributed by atoms with E-state index in [1.54, 1.807) is 18.0 Å². The molecule has 0 radical (unpaired) electrons. The molecular weight excluding hydrogens is 422 g/mol. The van der Waals surface area contributed by atoms with Crippen molar-refractivity contribution in [2.24, 2.45) is 7.05 Å². The van der Waals surface area contributed by atoms with Gasteiger partial charge in [0.25, 0.3) is 5.56 Å². The molecule has 7 nitrogen and oxygen atoms in total. The number of aromatic amines is 1. The average Bonchev–Trinajstić information content (AvgIpc) is 3.38. The van der Waals surface area contributed by atoms with E-state index in [0.29, 0.717) is 17.4 Å². The van der Waals surface area contributed by atoms with E-state index < -0.39 is 0 Å². The molecule has 0 amide bonds. The van der Waals surface area contributed by atoms with Gasteiger partial charge in [0.15, 0.2) is 0 Å². The van der Waals surface area contributed by atoms with Crippen molar-refractivity contribution in [1.29, 1.82) is 5.26 Å². The molecule has 2 aromatic carbocycles.